The highest BCUT2D eigenvalue weighted by atomic mass is 32.1. The van der Waals surface area contributed by atoms with Crippen LogP contribution in [0.5, 0.6) is 0 Å². The summed E-state index contributed by atoms with van der Waals surface area (Å²) in [7, 11) is 1.84. The van der Waals surface area contributed by atoms with Crippen LogP contribution in [0.2, 0.25) is 0 Å². The second-order valence-corrected chi connectivity index (χ2v) is 8.19. The van der Waals surface area contributed by atoms with Gasteiger partial charge in [0.15, 0.2) is 5.96 Å². The highest BCUT2D eigenvalue weighted by Crippen LogP contribution is 2.21. The first-order valence-corrected chi connectivity index (χ1v) is 10.1. The van der Waals surface area contributed by atoms with Gasteiger partial charge < -0.3 is 15.5 Å². The number of anilines is 1. The minimum Gasteiger partial charge on any atom is -0.369 e. The molecule has 1 aromatic carbocycles. The van der Waals surface area contributed by atoms with Crippen molar-refractivity contribution in [1.82, 2.24) is 15.6 Å². The third-order valence-corrected chi connectivity index (χ3v) is 5.93. The molecule has 1 atom stereocenters. The summed E-state index contributed by atoms with van der Waals surface area (Å²) in [4.78, 5) is 12.7. The zero-order valence-corrected chi connectivity index (χ0v) is 17.0. The van der Waals surface area contributed by atoms with Crippen molar-refractivity contribution >= 4 is 23.0 Å². The molecule has 1 saturated heterocycles. The Bertz CT molecular complexity index is 750. The minimum atomic E-state index is 0.426. The maximum atomic E-state index is 4.49. The van der Waals surface area contributed by atoms with Gasteiger partial charge in [0, 0.05) is 49.7 Å². The lowest BCUT2D eigenvalue weighted by molar-refractivity contribution is 0.648. The molecule has 1 aromatic heterocycles. The fraction of sp³-hybridized carbons (Fsp3) is 0.500. The number of benzene rings is 1. The standard InChI is InChI=1S/C20H29N5S/c1-14-5-7-18(8-6-14)25-12-10-17(13-25)24-20(21-4)22-11-9-19-15(2)23-16(3)26-19/h5-8,17H,9-13H2,1-4H3,(H2,21,22,24). The summed E-state index contributed by atoms with van der Waals surface area (Å²) in [6.07, 6.45) is 2.11. The van der Waals surface area contributed by atoms with Crippen LogP contribution in [0.4, 0.5) is 5.69 Å². The molecule has 1 aliphatic rings. The van der Waals surface area contributed by atoms with Gasteiger partial charge in [-0.05, 0) is 39.3 Å². The Kier molecular flexibility index (Phi) is 6.14. The summed E-state index contributed by atoms with van der Waals surface area (Å²) in [5.74, 6) is 0.889. The van der Waals surface area contributed by atoms with Gasteiger partial charge in [-0.25, -0.2) is 4.98 Å². The van der Waals surface area contributed by atoms with E-state index in [4.69, 9.17) is 0 Å². The monoisotopic (exact) mass is 371 g/mol. The lowest BCUT2D eigenvalue weighted by Crippen LogP contribution is -2.45. The van der Waals surface area contributed by atoms with Gasteiger partial charge in [0.25, 0.3) is 0 Å². The lowest BCUT2D eigenvalue weighted by atomic mass is 10.2. The first-order chi connectivity index (χ1) is 12.5. The molecule has 1 unspecified atom stereocenters. The molecule has 6 heteroatoms. The molecule has 26 heavy (non-hydrogen) atoms. The van der Waals surface area contributed by atoms with Gasteiger partial charge in [-0.2, -0.15) is 0 Å². The van der Waals surface area contributed by atoms with Gasteiger partial charge in [0.1, 0.15) is 0 Å². The Morgan fingerprint density at radius 1 is 1.27 bits per heavy atom. The van der Waals surface area contributed by atoms with Crippen molar-refractivity contribution in [2.75, 3.05) is 31.6 Å². The molecule has 2 aromatic rings. The van der Waals surface area contributed by atoms with Gasteiger partial charge in [0.2, 0.25) is 0 Å². The minimum absolute atomic E-state index is 0.426. The highest BCUT2D eigenvalue weighted by molar-refractivity contribution is 7.11. The number of thiazole rings is 1. The van der Waals surface area contributed by atoms with Crippen molar-refractivity contribution in [2.24, 2.45) is 4.99 Å². The second kappa shape index (κ2) is 8.54. The molecule has 0 spiro atoms. The van der Waals surface area contributed by atoms with Crippen LogP contribution in [-0.2, 0) is 6.42 Å². The number of nitrogens with zero attached hydrogens (tertiary/aromatic N) is 3. The van der Waals surface area contributed by atoms with E-state index in [1.807, 2.05) is 7.05 Å². The fourth-order valence-electron chi connectivity index (χ4n) is 3.36. The summed E-state index contributed by atoms with van der Waals surface area (Å²) in [6.45, 7) is 9.24. The van der Waals surface area contributed by atoms with Gasteiger partial charge in [-0.3, -0.25) is 4.99 Å². The molecular weight excluding hydrogens is 342 g/mol. The van der Waals surface area contributed by atoms with E-state index in [2.05, 4.69) is 70.5 Å². The molecular formula is C20H29N5S. The Balaban J connectivity index is 1.46. The SMILES string of the molecule is CN=C(NCCc1sc(C)nc1C)NC1CCN(c2ccc(C)cc2)C1. The largest absolute Gasteiger partial charge is 0.369 e. The zero-order chi connectivity index (χ0) is 18.5. The predicted octanol–water partition coefficient (Wildman–Crippen LogP) is 3.05. The number of rotatable bonds is 5. The average molecular weight is 372 g/mol. The molecule has 0 saturated carbocycles. The number of aromatic nitrogens is 1. The van der Waals surface area contributed by atoms with Crippen molar-refractivity contribution in [3.8, 4) is 0 Å². The Morgan fingerprint density at radius 2 is 2.04 bits per heavy atom. The molecule has 0 amide bonds. The van der Waals surface area contributed by atoms with Crippen LogP contribution in [0.3, 0.4) is 0 Å². The van der Waals surface area contributed by atoms with Crippen LogP contribution >= 0.6 is 11.3 Å². The van der Waals surface area contributed by atoms with Crippen molar-refractivity contribution < 1.29 is 0 Å². The topological polar surface area (TPSA) is 52.6 Å². The van der Waals surface area contributed by atoms with Crippen LogP contribution < -0.4 is 15.5 Å². The smallest absolute Gasteiger partial charge is 0.191 e. The maximum Gasteiger partial charge on any atom is 0.191 e. The second-order valence-electron chi connectivity index (χ2n) is 6.90. The number of nitrogens with one attached hydrogen (secondary N) is 2. The molecule has 1 aliphatic heterocycles. The Hall–Kier alpha value is -2.08. The van der Waals surface area contributed by atoms with E-state index < -0.39 is 0 Å². The molecule has 5 nitrogen and oxygen atoms in total. The zero-order valence-electron chi connectivity index (χ0n) is 16.2. The van der Waals surface area contributed by atoms with E-state index in [1.165, 1.54) is 16.1 Å². The predicted molar refractivity (Wildman–Crippen MR) is 112 cm³/mol. The summed E-state index contributed by atoms with van der Waals surface area (Å²) in [5.41, 5.74) is 3.76. The molecule has 3 rings (SSSR count). The maximum absolute atomic E-state index is 4.49. The van der Waals surface area contributed by atoms with Crippen molar-refractivity contribution in [3.05, 3.63) is 45.4 Å². The quantitative estimate of drug-likeness (QED) is 0.627. The number of hydrogen-bond donors (Lipinski definition) is 2. The fourth-order valence-corrected chi connectivity index (χ4v) is 4.29. The average Bonchev–Trinajstić information content (AvgIpc) is 3.21. The summed E-state index contributed by atoms with van der Waals surface area (Å²) >= 11 is 1.79. The van der Waals surface area contributed by atoms with E-state index in [9.17, 15) is 0 Å². The number of aliphatic imine (C=N–C) groups is 1. The first kappa shape index (κ1) is 18.7. The third kappa shape index (κ3) is 4.75. The molecule has 0 bridgehead atoms. The molecule has 2 heterocycles. The third-order valence-electron chi connectivity index (χ3n) is 4.80. The van der Waals surface area contributed by atoms with Gasteiger partial charge in [-0.1, -0.05) is 17.7 Å². The number of hydrogen-bond acceptors (Lipinski definition) is 4. The molecule has 0 radical (unpaired) electrons. The molecule has 140 valence electrons. The van der Waals surface area contributed by atoms with Crippen LogP contribution in [0, 0.1) is 20.8 Å². The summed E-state index contributed by atoms with van der Waals surface area (Å²) in [5, 5.41) is 8.15. The summed E-state index contributed by atoms with van der Waals surface area (Å²) in [6, 6.07) is 9.21. The lowest BCUT2D eigenvalue weighted by Gasteiger charge is -2.20. The van der Waals surface area contributed by atoms with Crippen LogP contribution in [-0.4, -0.2) is 43.7 Å². The number of guanidine groups is 1. The normalized spacial score (nSPS) is 17.6. The van der Waals surface area contributed by atoms with Gasteiger partial charge in [-0.15, -0.1) is 11.3 Å². The van der Waals surface area contributed by atoms with Crippen molar-refractivity contribution in [2.45, 2.75) is 39.7 Å². The Morgan fingerprint density at radius 3 is 2.69 bits per heavy atom. The number of aryl methyl sites for hydroxylation is 3. The highest BCUT2D eigenvalue weighted by Gasteiger charge is 2.23. The molecule has 2 N–H and O–H groups in total. The van der Waals surface area contributed by atoms with Crippen molar-refractivity contribution in [1.29, 1.82) is 0 Å². The summed E-state index contributed by atoms with van der Waals surface area (Å²) < 4.78 is 0. The first-order valence-electron chi connectivity index (χ1n) is 9.27. The Labute approximate surface area is 160 Å². The van der Waals surface area contributed by atoms with Crippen LogP contribution in [0.15, 0.2) is 29.3 Å². The van der Waals surface area contributed by atoms with Gasteiger partial charge in [0.05, 0.1) is 10.7 Å². The van der Waals surface area contributed by atoms with Gasteiger partial charge >= 0.3 is 0 Å². The van der Waals surface area contributed by atoms with E-state index in [1.54, 1.807) is 11.3 Å². The van der Waals surface area contributed by atoms with E-state index >= 15 is 0 Å². The molecule has 0 aliphatic carbocycles. The molecule has 1 fully saturated rings. The van der Waals surface area contributed by atoms with E-state index in [0.717, 1.165) is 49.1 Å². The van der Waals surface area contributed by atoms with E-state index in [-0.39, 0.29) is 0 Å². The van der Waals surface area contributed by atoms with Crippen LogP contribution in [0.1, 0.15) is 27.6 Å². The van der Waals surface area contributed by atoms with Crippen molar-refractivity contribution in [3.63, 3.8) is 0 Å². The van der Waals surface area contributed by atoms with E-state index in [0.29, 0.717) is 6.04 Å². The van der Waals surface area contributed by atoms with Crippen LogP contribution in [0.25, 0.3) is 0 Å².